The van der Waals surface area contributed by atoms with E-state index in [1.165, 1.54) is 0 Å². The van der Waals surface area contributed by atoms with Gasteiger partial charge in [0.2, 0.25) is 0 Å². The van der Waals surface area contributed by atoms with Crippen molar-refractivity contribution in [2.75, 3.05) is 19.0 Å². The second-order valence-electron chi connectivity index (χ2n) is 3.78. The largest absolute Gasteiger partial charge is 0.374 e. The molecule has 0 aliphatic carbocycles. The van der Waals surface area contributed by atoms with Crippen LogP contribution in [0.4, 0.5) is 0 Å². The van der Waals surface area contributed by atoms with Gasteiger partial charge in [-0.1, -0.05) is 13.8 Å². The average Bonchev–Trinajstić information content (AvgIpc) is 2.68. The van der Waals surface area contributed by atoms with Gasteiger partial charge in [0.1, 0.15) is 6.10 Å². The molecule has 2 aliphatic rings. The molecule has 2 heterocycles. The lowest BCUT2D eigenvalue weighted by atomic mass is 10.0. The van der Waals surface area contributed by atoms with Crippen LogP contribution in [0.1, 0.15) is 13.8 Å². The van der Waals surface area contributed by atoms with E-state index in [-0.39, 0.29) is 17.5 Å². The van der Waals surface area contributed by atoms with E-state index >= 15 is 0 Å². The quantitative estimate of drug-likeness (QED) is 0.659. The molecule has 0 aromatic carbocycles. The molecule has 2 fully saturated rings. The van der Waals surface area contributed by atoms with E-state index in [4.69, 9.17) is 9.47 Å². The van der Waals surface area contributed by atoms with Gasteiger partial charge in [-0.3, -0.25) is 4.21 Å². The summed E-state index contributed by atoms with van der Waals surface area (Å²) in [6.07, 6.45) is 0.288. The van der Waals surface area contributed by atoms with Crippen molar-refractivity contribution in [1.82, 2.24) is 0 Å². The summed E-state index contributed by atoms with van der Waals surface area (Å²) < 4.78 is 22.8. The van der Waals surface area contributed by atoms with Crippen molar-refractivity contribution in [3.05, 3.63) is 0 Å². The van der Waals surface area contributed by atoms with Crippen LogP contribution in [0.5, 0.6) is 0 Å². The Labute approximate surface area is 81.2 Å². The van der Waals surface area contributed by atoms with Crippen molar-refractivity contribution in [2.24, 2.45) is 5.92 Å². The van der Waals surface area contributed by atoms with E-state index in [2.05, 4.69) is 6.92 Å². The topological polar surface area (TPSA) is 35.5 Å². The molecule has 0 saturated carbocycles. The minimum absolute atomic E-state index is 0.0933. The van der Waals surface area contributed by atoms with Crippen LogP contribution in [0.3, 0.4) is 0 Å². The molecule has 1 unspecified atom stereocenters. The first kappa shape index (κ1) is 9.62. The van der Waals surface area contributed by atoms with Gasteiger partial charge in [0.05, 0.1) is 24.6 Å². The summed E-state index contributed by atoms with van der Waals surface area (Å²) in [4.78, 5) is 0. The maximum Gasteiger partial charge on any atom is 0.101 e. The summed E-state index contributed by atoms with van der Waals surface area (Å²) >= 11 is 0. The molecule has 0 N–H and O–H groups in total. The van der Waals surface area contributed by atoms with Crippen LogP contribution in [-0.2, 0) is 20.3 Å². The van der Waals surface area contributed by atoms with Gasteiger partial charge in [0, 0.05) is 22.5 Å². The molecule has 0 spiro atoms. The Bertz CT molecular complexity index is 219. The van der Waals surface area contributed by atoms with Crippen molar-refractivity contribution < 1.29 is 13.7 Å². The van der Waals surface area contributed by atoms with E-state index in [1.54, 1.807) is 0 Å². The Kier molecular flexibility index (Phi) is 2.72. The standard InChI is InChI=1S/C9H16O3S/c1-3-13(10)7-5-12-8-6(2)4-11-9(7)8/h6-9H,3-5H2,1-2H3/t6-,7+,8-,9-,13?/m1/s1. The SMILES string of the molecule is CCS(=O)[C@H]1CO[C@H]2[C@@H]1OC[C@H]2C. The van der Waals surface area contributed by atoms with Crippen molar-refractivity contribution in [1.29, 1.82) is 0 Å². The van der Waals surface area contributed by atoms with Gasteiger partial charge >= 0.3 is 0 Å². The molecule has 3 nitrogen and oxygen atoms in total. The summed E-state index contributed by atoms with van der Waals surface area (Å²) in [5.41, 5.74) is 0. The predicted molar refractivity (Wildman–Crippen MR) is 51.1 cm³/mol. The Morgan fingerprint density at radius 3 is 2.69 bits per heavy atom. The molecule has 5 atom stereocenters. The Balaban J connectivity index is 2.06. The molecule has 0 aromatic rings. The molecule has 0 radical (unpaired) electrons. The average molecular weight is 204 g/mol. The highest BCUT2D eigenvalue weighted by Crippen LogP contribution is 2.32. The normalized spacial score (nSPS) is 46.3. The van der Waals surface area contributed by atoms with Crippen LogP contribution in [-0.4, -0.2) is 40.6 Å². The third-order valence-electron chi connectivity index (χ3n) is 2.88. The molecule has 0 amide bonds. The zero-order valence-corrected chi connectivity index (χ0v) is 8.88. The summed E-state index contributed by atoms with van der Waals surface area (Å²) in [6.45, 7) is 5.44. The zero-order valence-electron chi connectivity index (χ0n) is 8.06. The molecule has 0 bridgehead atoms. The van der Waals surface area contributed by atoms with Gasteiger partial charge in [-0.15, -0.1) is 0 Å². The molecule has 76 valence electrons. The van der Waals surface area contributed by atoms with E-state index in [0.717, 1.165) is 6.61 Å². The minimum Gasteiger partial charge on any atom is -0.374 e. The molecule has 0 aromatic heterocycles. The van der Waals surface area contributed by atoms with E-state index < -0.39 is 10.8 Å². The fraction of sp³-hybridized carbons (Fsp3) is 1.00. The molecular formula is C9H16O3S. The number of rotatable bonds is 2. The predicted octanol–water partition coefficient (Wildman–Crippen LogP) is 0.557. The third kappa shape index (κ3) is 1.55. The first-order valence-electron chi connectivity index (χ1n) is 4.84. The first-order valence-corrected chi connectivity index (χ1v) is 6.22. The van der Waals surface area contributed by atoms with E-state index in [9.17, 15) is 4.21 Å². The van der Waals surface area contributed by atoms with Gasteiger partial charge in [-0.2, -0.15) is 0 Å². The minimum atomic E-state index is -0.778. The van der Waals surface area contributed by atoms with Crippen LogP contribution in [0.25, 0.3) is 0 Å². The van der Waals surface area contributed by atoms with E-state index in [0.29, 0.717) is 18.3 Å². The van der Waals surface area contributed by atoms with Crippen LogP contribution in [0.15, 0.2) is 0 Å². The van der Waals surface area contributed by atoms with Gasteiger partial charge in [-0.25, -0.2) is 0 Å². The highest BCUT2D eigenvalue weighted by molar-refractivity contribution is 7.85. The van der Waals surface area contributed by atoms with Crippen molar-refractivity contribution in [3.63, 3.8) is 0 Å². The van der Waals surface area contributed by atoms with Gasteiger partial charge in [0.15, 0.2) is 0 Å². The van der Waals surface area contributed by atoms with Crippen LogP contribution in [0, 0.1) is 5.92 Å². The smallest absolute Gasteiger partial charge is 0.101 e. The molecule has 2 rings (SSSR count). The highest BCUT2D eigenvalue weighted by Gasteiger charge is 2.47. The summed E-state index contributed by atoms with van der Waals surface area (Å²) in [7, 11) is -0.778. The lowest BCUT2D eigenvalue weighted by molar-refractivity contribution is 0.0660. The zero-order chi connectivity index (χ0) is 9.42. The van der Waals surface area contributed by atoms with Gasteiger partial charge in [-0.05, 0) is 0 Å². The highest BCUT2D eigenvalue weighted by atomic mass is 32.2. The molecule has 13 heavy (non-hydrogen) atoms. The fourth-order valence-electron chi connectivity index (χ4n) is 2.09. The second kappa shape index (κ2) is 3.67. The fourth-order valence-corrected chi connectivity index (χ4v) is 3.29. The lowest BCUT2D eigenvalue weighted by Crippen LogP contribution is -2.32. The van der Waals surface area contributed by atoms with Gasteiger partial charge in [0.25, 0.3) is 0 Å². The monoisotopic (exact) mass is 204 g/mol. The Hall–Kier alpha value is 0.0700. The third-order valence-corrected chi connectivity index (χ3v) is 4.53. The molecule has 2 aliphatic heterocycles. The maximum atomic E-state index is 11.6. The second-order valence-corrected chi connectivity index (χ2v) is 5.73. The van der Waals surface area contributed by atoms with Gasteiger partial charge < -0.3 is 9.47 Å². The van der Waals surface area contributed by atoms with Crippen LogP contribution < -0.4 is 0 Å². The number of fused-ring (bicyclic) bond motifs is 1. The first-order chi connectivity index (χ1) is 6.24. The molecule has 2 saturated heterocycles. The summed E-state index contributed by atoms with van der Waals surface area (Å²) in [5, 5.41) is 0.111. The molecular weight excluding hydrogens is 188 g/mol. The van der Waals surface area contributed by atoms with E-state index in [1.807, 2.05) is 6.92 Å². The maximum absolute atomic E-state index is 11.6. The van der Waals surface area contributed by atoms with Crippen LogP contribution >= 0.6 is 0 Å². The molecule has 4 heteroatoms. The Morgan fingerprint density at radius 2 is 2.00 bits per heavy atom. The van der Waals surface area contributed by atoms with Crippen LogP contribution in [0.2, 0.25) is 0 Å². The summed E-state index contributed by atoms with van der Waals surface area (Å²) in [5.74, 6) is 1.17. The number of ether oxygens (including phenoxy) is 2. The van der Waals surface area contributed by atoms with Crippen molar-refractivity contribution in [2.45, 2.75) is 31.3 Å². The number of hydrogen-bond donors (Lipinski definition) is 0. The van der Waals surface area contributed by atoms with Crippen molar-refractivity contribution in [3.8, 4) is 0 Å². The lowest BCUT2D eigenvalue weighted by Gasteiger charge is -2.14. The number of hydrogen-bond acceptors (Lipinski definition) is 3. The summed E-state index contributed by atoms with van der Waals surface area (Å²) in [6, 6.07) is 0. The Morgan fingerprint density at radius 1 is 1.31 bits per heavy atom. The van der Waals surface area contributed by atoms with Crippen molar-refractivity contribution >= 4 is 10.8 Å².